The highest BCUT2D eigenvalue weighted by molar-refractivity contribution is 5.96. The van der Waals surface area contributed by atoms with E-state index >= 15 is 0 Å². The summed E-state index contributed by atoms with van der Waals surface area (Å²) >= 11 is 0. The van der Waals surface area contributed by atoms with Crippen molar-refractivity contribution >= 4 is 16.5 Å². The third-order valence-electron chi connectivity index (χ3n) is 3.21. The molecule has 0 atom stereocenters. The second-order valence-corrected chi connectivity index (χ2v) is 4.48. The number of nitrogen functional groups attached to an aromatic ring is 1. The Kier molecular flexibility index (Phi) is 2.49. The monoisotopic (exact) mass is 234 g/mol. The highest BCUT2D eigenvalue weighted by Crippen LogP contribution is 2.30. The van der Waals surface area contributed by atoms with Crippen molar-refractivity contribution in [2.24, 2.45) is 0 Å². The Bertz CT molecular complexity index is 712. The fourth-order valence-electron chi connectivity index (χ4n) is 2.32. The number of fused-ring (bicyclic) bond motifs is 1. The van der Waals surface area contributed by atoms with Crippen molar-refractivity contribution in [3.63, 3.8) is 0 Å². The van der Waals surface area contributed by atoms with Crippen LogP contribution in [0.5, 0.6) is 0 Å². The molecule has 0 bridgehead atoms. The number of nitrogens with two attached hydrogens (primary N) is 1. The van der Waals surface area contributed by atoms with E-state index in [1.807, 2.05) is 30.6 Å². The molecule has 18 heavy (non-hydrogen) atoms. The van der Waals surface area contributed by atoms with E-state index in [4.69, 9.17) is 5.73 Å². The number of hydrogen-bond donors (Lipinski definition) is 1. The molecular formula is C16H14N2. The van der Waals surface area contributed by atoms with Gasteiger partial charge in [0, 0.05) is 29.0 Å². The SMILES string of the molecule is Cc1cc(N)ccc1-c1cncc2ccccc12. The lowest BCUT2D eigenvalue weighted by Gasteiger charge is -2.09. The van der Waals surface area contributed by atoms with E-state index in [2.05, 4.69) is 36.2 Å². The van der Waals surface area contributed by atoms with Gasteiger partial charge in [0.25, 0.3) is 0 Å². The number of rotatable bonds is 1. The lowest BCUT2D eigenvalue weighted by molar-refractivity contribution is 1.35. The smallest absolute Gasteiger partial charge is 0.0352 e. The second kappa shape index (κ2) is 4.15. The van der Waals surface area contributed by atoms with Crippen molar-refractivity contribution in [3.8, 4) is 11.1 Å². The molecule has 0 aliphatic heterocycles. The normalized spacial score (nSPS) is 10.7. The van der Waals surface area contributed by atoms with Crippen LogP contribution in [0.3, 0.4) is 0 Å². The molecule has 1 aromatic heterocycles. The summed E-state index contributed by atoms with van der Waals surface area (Å²) in [6, 6.07) is 14.3. The lowest BCUT2D eigenvalue weighted by Crippen LogP contribution is -1.90. The number of pyridine rings is 1. The highest BCUT2D eigenvalue weighted by atomic mass is 14.6. The summed E-state index contributed by atoms with van der Waals surface area (Å²) in [7, 11) is 0. The van der Waals surface area contributed by atoms with E-state index in [0.717, 1.165) is 16.6 Å². The fourth-order valence-corrected chi connectivity index (χ4v) is 2.32. The van der Waals surface area contributed by atoms with Gasteiger partial charge in [-0.2, -0.15) is 0 Å². The van der Waals surface area contributed by atoms with Gasteiger partial charge in [0.2, 0.25) is 0 Å². The van der Waals surface area contributed by atoms with Gasteiger partial charge in [0.15, 0.2) is 0 Å². The summed E-state index contributed by atoms with van der Waals surface area (Å²) in [4.78, 5) is 4.32. The number of benzene rings is 2. The van der Waals surface area contributed by atoms with Gasteiger partial charge in [0.05, 0.1) is 0 Å². The third kappa shape index (κ3) is 1.72. The van der Waals surface area contributed by atoms with Gasteiger partial charge in [-0.15, -0.1) is 0 Å². The van der Waals surface area contributed by atoms with E-state index in [-0.39, 0.29) is 0 Å². The Labute approximate surface area is 106 Å². The first-order valence-electron chi connectivity index (χ1n) is 5.95. The summed E-state index contributed by atoms with van der Waals surface area (Å²) in [6.45, 7) is 2.08. The minimum Gasteiger partial charge on any atom is -0.399 e. The van der Waals surface area contributed by atoms with Gasteiger partial charge in [-0.25, -0.2) is 0 Å². The summed E-state index contributed by atoms with van der Waals surface area (Å²) in [6.07, 6.45) is 3.81. The zero-order valence-corrected chi connectivity index (χ0v) is 10.2. The molecule has 0 unspecified atom stereocenters. The van der Waals surface area contributed by atoms with Crippen molar-refractivity contribution in [3.05, 3.63) is 60.4 Å². The maximum atomic E-state index is 5.80. The van der Waals surface area contributed by atoms with Crippen molar-refractivity contribution in [2.45, 2.75) is 6.92 Å². The Morgan fingerprint density at radius 1 is 0.944 bits per heavy atom. The molecule has 0 spiro atoms. The molecule has 1 heterocycles. The minimum atomic E-state index is 0.796. The van der Waals surface area contributed by atoms with Gasteiger partial charge in [0.1, 0.15) is 0 Å². The van der Waals surface area contributed by atoms with Crippen LogP contribution in [0.4, 0.5) is 5.69 Å². The third-order valence-corrected chi connectivity index (χ3v) is 3.21. The maximum Gasteiger partial charge on any atom is 0.0352 e. The largest absolute Gasteiger partial charge is 0.399 e. The standard InChI is InChI=1S/C16H14N2/c1-11-8-13(17)6-7-14(11)16-10-18-9-12-4-2-3-5-15(12)16/h2-10H,17H2,1H3. The van der Waals surface area contributed by atoms with Gasteiger partial charge < -0.3 is 5.73 Å². The number of hydrogen-bond acceptors (Lipinski definition) is 2. The first-order valence-corrected chi connectivity index (χ1v) is 5.95. The number of aryl methyl sites for hydroxylation is 1. The van der Waals surface area contributed by atoms with Crippen LogP contribution < -0.4 is 5.73 Å². The molecule has 0 saturated carbocycles. The van der Waals surface area contributed by atoms with E-state index in [1.165, 1.54) is 16.5 Å². The zero-order valence-electron chi connectivity index (χ0n) is 10.2. The fraction of sp³-hybridized carbons (Fsp3) is 0.0625. The van der Waals surface area contributed by atoms with Crippen LogP contribution in [0.2, 0.25) is 0 Å². The van der Waals surface area contributed by atoms with E-state index in [1.54, 1.807) is 0 Å². The average Bonchev–Trinajstić information content (AvgIpc) is 2.38. The predicted molar refractivity (Wildman–Crippen MR) is 76.3 cm³/mol. The van der Waals surface area contributed by atoms with Crippen molar-refractivity contribution in [1.29, 1.82) is 0 Å². The number of aromatic nitrogens is 1. The summed E-state index contributed by atoms with van der Waals surface area (Å²) < 4.78 is 0. The Morgan fingerprint density at radius 2 is 1.78 bits per heavy atom. The van der Waals surface area contributed by atoms with Crippen LogP contribution in [0.15, 0.2) is 54.9 Å². The molecule has 0 fully saturated rings. The molecule has 0 radical (unpaired) electrons. The van der Waals surface area contributed by atoms with Crippen molar-refractivity contribution in [1.82, 2.24) is 4.98 Å². The van der Waals surface area contributed by atoms with E-state index in [9.17, 15) is 0 Å². The van der Waals surface area contributed by atoms with Crippen LogP contribution in [0.25, 0.3) is 21.9 Å². The quantitative estimate of drug-likeness (QED) is 0.650. The van der Waals surface area contributed by atoms with Crippen LogP contribution in [0.1, 0.15) is 5.56 Å². The molecule has 0 amide bonds. The number of nitrogens with zero attached hydrogens (tertiary/aromatic N) is 1. The van der Waals surface area contributed by atoms with Gasteiger partial charge in [-0.1, -0.05) is 30.3 Å². The lowest BCUT2D eigenvalue weighted by atomic mass is 9.97. The average molecular weight is 234 g/mol. The van der Waals surface area contributed by atoms with Gasteiger partial charge >= 0.3 is 0 Å². The van der Waals surface area contributed by atoms with Crippen LogP contribution in [0, 0.1) is 6.92 Å². The Morgan fingerprint density at radius 3 is 2.61 bits per heavy atom. The molecule has 2 heteroatoms. The van der Waals surface area contributed by atoms with Gasteiger partial charge in [-0.3, -0.25) is 4.98 Å². The molecular weight excluding hydrogens is 220 g/mol. The molecule has 2 nitrogen and oxygen atoms in total. The first kappa shape index (κ1) is 10.8. The zero-order chi connectivity index (χ0) is 12.5. The summed E-state index contributed by atoms with van der Waals surface area (Å²) in [5.74, 6) is 0. The molecule has 3 rings (SSSR count). The molecule has 2 aromatic carbocycles. The number of anilines is 1. The Balaban J connectivity index is 2.31. The van der Waals surface area contributed by atoms with Crippen molar-refractivity contribution in [2.75, 3.05) is 5.73 Å². The molecule has 0 aliphatic rings. The minimum absolute atomic E-state index is 0.796. The summed E-state index contributed by atoms with van der Waals surface area (Å²) in [5.41, 5.74) is 10.1. The predicted octanol–water partition coefficient (Wildman–Crippen LogP) is 3.79. The molecule has 88 valence electrons. The Hall–Kier alpha value is -2.35. The topological polar surface area (TPSA) is 38.9 Å². The van der Waals surface area contributed by atoms with E-state index < -0.39 is 0 Å². The molecule has 0 aliphatic carbocycles. The molecule has 3 aromatic rings. The van der Waals surface area contributed by atoms with Gasteiger partial charge in [-0.05, 0) is 35.6 Å². The van der Waals surface area contributed by atoms with Crippen molar-refractivity contribution < 1.29 is 0 Å². The summed E-state index contributed by atoms with van der Waals surface area (Å²) in [5, 5.41) is 2.38. The first-order chi connectivity index (χ1) is 8.75. The maximum absolute atomic E-state index is 5.80. The van der Waals surface area contributed by atoms with Crippen LogP contribution in [-0.4, -0.2) is 4.98 Å². The molecule has 0 saturated heterocycles. The van der Waals surface area contributed by atoms with E-state index in [0.29, 0.717) is 0 Å². The van der Waals surface area contributed by atoms with Crippen LogP contribution >= 0.6 is 0 Å². The second-order valence-electron chi connectivity index (χ2n) is 4.48. The van der Waals surface area contributed by atoms with Crippen LogP contribution in [-0.2, 0) is 0 Å². The highest BCUT2D eigenvalue weighted by Gasteiger charge is 2.06. The molecule has 2 N–H and O–H groups in total.